The second kappa shape index (κ2) is 11.9. The van der Waals surface area contributed by atoms with Crippen LogP contribution in [0, 0.1) is 21.4 Å². The van der Waals surface area contributed by atoms with E-state index in [2.05, 4.69) is 36.2 Å². The first-order chi connectivity index (χ1) is 19.4. The third-order valence-electron chi connectivity index (χ3n) is 6.51. The number of nitro groups is 1. The molecule has 0 amide bonds. The lowest BCUT2D eigenvalue weighted by molar-refractivity contribution is -0.385. The summed E-state index contributed by atoms with van der Waals surface area (Å²) in [5.74, 6) is 0.965. The van der Waals surface area contributed by atoms with Crippen LogP contribution in [0.5, 0.6) is 0 Å². The average Bonchev–Trinajstić information content (AvgIpc) is 3.51. The molecule has 1 aromatic carbocycles. The van der Waals surface area contributed by atoms with E-state index in [1.807, 2.05) is 0 Å². The second-order valence-electron chi connectivity index (χ2n) is 9.02. The third kappa shape index (κ3) is 5.88. The van der Waals surface area contributed by atoms with Gasteiger partial charge in [0.15, 0.2) is 11.4 Å². The molecular weight excluding hydrogens is 557 g/mol. The first kappa shape index (κ1) is 27.4. The third-order valence-corrected chi connectivity index (χ3v) is 7.06. The molecule has 1 fully saturated rings. The van der Waals surface area contributed by atoms with Crippen LogP contribution in [-0.2, 0) is 10.3 Å². The molecule has 0 spiro atoms. The van der Waals surface area contributed by atoms with Crippen molar-refractivity contribution in [1.29, 1.82) is 5.26 Å². The molecule has 1 unspecified atom stereocenters. The fraction of sp³-hybridized carbons (Fsp3) is 0.269. The molecule has 12 nitrogen and oxygen atoms in total. The number of morpholine rings is 1. The number of nitrogens with one attached hydrogen (secondary N) is 2. The fourth-order valence-electron chi connectivity index (χ4n) is 4.36. The molecule has 3 aromatic heterocycles. The Bertz CT molecular complexity index is 1540. The number of nitrogens with zero attached hydrogens (tertiary/aromatic N) is 7. The lowest BCUT2D eigenvalue weighted by atomic mass is 9.94. The minimum absolute atomic E-state index is 0.167. The second-order valence-corrected chi connectivity index (χ2v) is 9.87. The molecule has 2 N–H and O–H groups in total. The first-order valence-corrected chi connectivity index (χ1v) is 13.1. The predicted molar refractivity (Wildman–Crippen MR) is 149 cm³/mol. The summed E-state index contributed by atoms with van der Waals surface area (Å²) in [5, 5.41) is 25.8. The molecule has 40 heavy (non-hydrogen) atoms. The molecule has 0 radical (unpaired) electrons. The van der Waals surface area contributed by atoms with Crippen LogP contribution in [0.2, 0.25) is 10.0 Å². The van der Waals surface area contributed by atoms with Crippen molar-refractivity contribution in [2.24, 2.45) is 0 Å². The van der Waals surface area contributed by atoms with Gasteiger partial charge in [-0.25, -0.2) is 19.9 Å². The molecule has 1 atom stereocenters. The van der Waals surface area contributed by atoms with Gasteiger partial charge < -0.3 is 15.0 Å². The Balaban J connectivity index is 1.61. The van der Waals surface area contributed by atoms with Crippen molar-refractivity contribution in [1.82, 2.24) is 29.8 Å². The molecule has 4 aromatic rings. The predicted octanol–water partition coefficient (Wildman–Crippen LogP) is 4.70. The molecule has 0 bridgehead atoms. The highest BCUT2D eigenvalue weighted by atomic mass is 35.5. The number of imidazole rings is 1. The monoisotopic (exact) mass is 579 g/mol. The Hall–Kier alpha value is -4.15. The zero-order valence-electron chi connectivity index (χ0n) is 21.0. The largest absolute Gasteiger partial charge is 0.379 e. The van der Waals surface area contributed by atoms with E-state index in [0.717, 1.165) is 19.3 Å². The van der Waals surface area contributed by atoms with Crippen LogP contribution in [-0.4, -0.2) is 67.6 Å². The normalized spacial score (nSPS) is 15.2. The molecular formula is C26H23Cl2N9O3. The van der Waals surface area contributed by atoms with E-state index < -0.39 is 10.5 Å². The van der Waals surface area contributed by atoms with Crippen molar-refractivity contribution < 1.29 is 9.66 Å². The molecule has 4 heterocycles. The van der Waals surface area contributed by atoms with Crippen molar-refractivity contribution in [3.63, 3.8) is 0 Å². The number of halogens is 2. The van der Waals surface area contributed by atoms with Gasteiger partial charge in [0.05, 0.1) is 40.5 Å². The lowest BCUT2D eigenvalue weighted by Gasteiger charge is -2.32. The van der Waals surface area contributed by atoms with Crippen LogP contribution in [0.1, 0.15) is 12.2 Å². The average molecular weight is 580 g/mol. The quantitative estimate of drug-likeness (QED) is 0.210. The molecule has 0 aliphatic carbocycles. The number of pyridine rings is 1. The van der Waals surface area contributed by atoms with E-state index in [0.29, 0.717) is 52.4 Å². The van der Waals surface area contributed by atoms with Gasteiger partial charge in [-0.3, -0.25) is 15.0 Å². The van der Waals surface area contributed by atoms with Gasteiger partial charge in [-0.15, -0.1) is 0 Å². The van der Waals surface area contributed by atoms with E-state index in [9.17, 15) is 15.4 Å². The van der Waals surface area contributed by atoms with Gasteiger partial charge in [-0.1, -0.05) is 23.2 Å². The SMILES string of the molecule is N#CC(CCN1CCOCC1)(Nc1ccc([N+](=O)[O-])cn1)c1ncc(-c2ncc[nH]2)c(-c2ccc(Cl)cc2Cl)n1. The topological polar surface area (TPSA) is 159 Å². The van der Waals surface area contributed by atoms with Crippen LogP contribution in [0.3, 0.4) is 0 Å². The zero-order chi connectivity index (χ0) is 28.1. The van der Waals surface area contributed by atoms with Crippen LogP contribution >= 0.6 is 23.2 Å². The Kier molecular flexibility index (Phi) is 8.18. The van der Waals surface area contributed by atoms with Crippen molar-refractivity contribution in [2.45, 2.75) is 12.0 Å². The number of nitriles is 1. The van der Waals surface area contributed by atoms with Crippen LogP contribution in [0.15, 0.2) is 55.1 Å². The number of hydrogen-bond acceptors (Lipinski definition) is 10. The minimum Gasteiger partial charge on any atom is -0.379 e. The van der Waals surface area contributed by atoms with Gasteiger partial charge in [0, 0.05) is 61.3 Å². The summed E-state index contributed by atoms with van der Waals surface area (Å²) in [6, 6.07) is 10.2. The van der Waals surface area contributed by atoms with Crippen molar-refractivity contribution >= 4 is 34.7 Å². The Morgan fingerprint density at radius 3 is 2.62 bits per heavy atom. The molecule has 0 saturated carbocycles. The van der Waals surface area contributed by atoms with E-state index in [1.165, 1.54) is 12.1 Å². The number of H-pyrrole nitrogens is 1. The number of rotatable bonds is 9. The molecule has 1 saturated heterocycles. The summed E-state index contributed by atoms with van der Waals surface area (Å²) in [5.41, 5.74) is -0.0104. The smallest absolute Gasteiger partial charge is 0.287 e. The molecule has 5 rings (SSSR count). The highest BCUT2D eigenvalue weighted by molar-refractivity contribution is 6.36. The van der Waals surface area contributed by atoms with E-state index in [-0.39, 0.29) is 23.8 Å². The standard InChI is InChI=1S/C26H23Cl2N9O3/c27-17-1-3-19(21(28)13-17)23-20(24-30-6-7-31-24)15-33-25(34-23)26(16-29,5-8-36-9-11-40-12-10-36)35-22-4-2-18(14-32-22)37(38)39/h1-4,6-7,13-15H,5,8-12H2,(H,30,31)(H,32,35). The number of aromatic amines is 1. The Labute approximate surface area is 239 Å². The Morgan fingerprint density at radius 1 is 1.15 bits per heavy atom. The van der Waals surface area contributed by atoms with Crippen molar-refractivity contribution in [3.05, 3.63) is 81.1 Å². The van der Waals surface area contributed by atoms with Crippen molar-refractivity contribution in [2.75, 3.05) is 38.2 Å². The fourth-order valence-corrected chi connectivity index (χ4v) is 4.86. The highest BCUT2D eigenvalue weighted by Crippen LogP contribution is 2.37. The van der Waals surface area contributed by atoms with Gasteiger partial charge in [-0.2, -0.15) is 5.26 Å². The van der Waals surface area contributed by atoms with E-state index in [1.54, 1.807) is 36.8 Å². The molecule has 204 valence electrons. The zero-order valence-corrected chi connectivity index (χ0v) is 22.6. The maximum Gasteiger partial charge on any atom is 0.287 e. The number of anilines is 1. The van der Waals surface area contributed by atoms with Crippen LogP contribution < -0.4 is 5.32 Å². The summed E-state index contributed by atoms with van der Waals surface area (Å²) >= 11 is 12.7. The van der Waals surface area contributed by atoms with E-state index >= 15 is 0 Å². The number of aromatic nitrogens is 5. The van der Waals surface area contributed by atoms with Gasteiger partial charge in [0.25, 0.3) is 5.69 Å². The molecule has 14 heteroatoms. The van der Waals surface area contributed by atoms with Crippen molar-refractivity contribution in [3.8, 4) is 28.7 Å². The van der Waals surface area contributed by atoms with Gasteiger partial charge in [-0.05, 0) is 24.3 Å². The maximum atomic E-state index is 11.1. The van der Waals surface area contributed by atoms with Gasteiger partial charge >= 0.3 is 0 Å². The summed E-state index contributed by atoms with van der Waals surface area (Å²) in [6.07, 6.45) is 6.30. The summed E-state index contributed by atoms with van der Waals surface area (Å²) in [6.45, 7) is 3.19. The lowest BCUT2D eigenvalue weighted by Crippen LogP contribution is -2.43. The van der Waals surface area contributed by atoms with Gasteiger partial charge in [0.2, 0.25) is 0 Å². The number of benzene rings is 1. The summed E-state index contributed by atoms with van der Waals surface area (Å²) in [4.78, 5) is 33.9. The first-order valence-electron chi connectivity index (χ1n) is 12.3. The highest BCUT2D eigenvalue weighted by Gasteiger charge is 2.38. The maximum absolute atomic E-state index is 11.1. The van der Waals surface area contributed by atoms with Crippen LogP contribution in [0.4, 0.5) is 11.5 Å². The minimum atomic E-state index is -1.45. The van der Waals surface area contributed by atoms with E-state index in [4.69, 9.17) is 32.9 Å². The van der Waals surface area contributed by atoms with Gasteiger partial charge in [0.1, 0.15) is 17.8 Å². The summed E-state index contributed by atoms with van der Waals surface area (Å²) in [7, 11) is 0. The number of ether oxygens (including phenoxy) is 1. The Morgan fingerprint density at radius 2 is 1.98 bits per heavy atom. The molecule has 1 aliphatic heterocycles. The number of hydrogen-bond donors (Lipinski definition) is 2. The molecule has 1 aliphatic rings. The van der Waals surface area contributed by atoms with Crippen LogP contribution in [0.25, 0.3) is 22.6 Å². The summed E-state index contributed by atoms with van der Waals surface area (Å²) < 4.78 is 5.46.